The van der Waals surface area contributed by atoms with E-state index in [9.17, 15) is 0 Å². The van der Waals surface area contributed by atoms with Gasteiger partial charge in [0, 0.05) is 13.1 Å². The molecule has 0 aliphatic rings. The zero-order valence-electron chi connectivity index (χ0n) is 15.5. The summed E-state index contributed by atoms with van der Waals surface area (Å²) in [6.45, 7) is 6.41. The minimum atomic E-state index is 0.963. The first kappa shape index (κ1) is 21.7. The maximum Gasteiger partial charge on any atom is 0.0128 e. The smallest absolute Gasteiger partial charge is 0.0128 e. The average molecular weight is 311 g/mol. The molecule has 0 atom stereocenters. The summed E-state index contributed by atoms with van der Waals surface area (Å²) in [6, 6.07) is 0. The molecule has 2 nitrogen and oxygen atoms in total. The largest absolute Gasteiger partial charge is 0.269 e. The molecule has 0 fully saturated rings. The molecule has 2 heteroatoms. The number of hydrazine groups is 1. The van der Waals surface area contributed by atoms with Crippen LogP contribution in [0.1, 0.15) is 104 Å². The molecule has 0 aliphatic heterocycles. The lowest BCUT2D eigenvalue weighted by molar-refractivity contribution is 0.290. The second-order valence-electron chi connectivity index (χ2n) is 6.57. The molecule has 0 unspecified atom stereocenters. The van der Waals surface area contributed by atoms with Gasteiger partial charge < -0.3 is 0 Å². The number of nitrogens with two attached hydrogens (primary N) is 1. The highest BCUT2D eigenvalue weighted by molar-refractivity contribution is 4.81. The van der Waals surface area contributed by atoms with Gasteiger partial charge in [-0.1, -0.05) is 83.8 Å². The molecule has 0 aromatic carbocycles. The van der Waals surface area contributed by atoms with E-state index >= 15 is 0 Å². The number of hydrogen-bond donors (Lipinski definition) is 1. The van der Waals surface area contributed by atoms with Gasteiger partial charge in [0.1, 0.15) is 0 Å². The van der Waals surface area contributed by atoms with E-state index in [1.807, 2.05) is 5.01 Å². The first-order valence-corrected chi connectivity index (χ1v) is 9.95. The van der Waals surface area contributed by atoms with E-state index in [0.29, 0.717) is 0 Å². The Morgan fingerprint density at radius 1 is 0.636 bits per heavy atom. The molecule has 0 saturated heterocycles. The standard InChI is InChI=1S/C20H42N2/c1-3-5-6-7-8-9-10-11-12-13-14-15-16-17-18-19-20-22(21)4-2/h11-12H,3-10,13-21H2,1-2H3/b12-11-. The van der Waals surface area contributed by atoms with Crippen LogP contribution in [0.3, 0.4) is 0 Å². The van der Waals surface area contributed by atoms with Gasteiger partial charge in [0.25, 0.3) is 0 Å². The van der Waals surface area contributed by atoms with E-state index in [2.05, 4.69) is 26.0 Å². The Kier molecular flexibility index (Phi) is 18.4. The molecular formula is C20H42N2. The monoisotopic (exact) mass is 310 g/mol. The van der Waals surface area contributed by atoms with Crippen LogP contribution in [0.15, 0.2) is 12.2 Å². The van der Waals surface area contributed by atoms with Crippen LogP contribution in [0.2, 0.25) is 0 Å². The molecule has 0 aromatic heterocycles. The summed E-state index contributed by atoms with van der Waals surface area (Å²) in [7, 11) is 0. The Morgan fingerprint density at radius 2 is 1.09 bits per heavy atom. The lowest BCUT2D eigenvalue weighted by atomic mass is 10.1. The van der Waals surface area contributed by atoms with Crippen LogP contribution >= 0.6 is 0 Å². The van der Waals surface area contributed by atoms with Crippen molar-refractivity contribution in [3.8, 4) is 0 Å². The predicted molar refractivity (Wildman–Crippen MR) is 101 cm³/mol. The van der Waals surface area contributed by atoms with Crippen molar-refractivity contribution in [3.05, 3.63) is 12.2 Å². The molecule has 0 spiro atoms. The van der Waals surface area contributed by atoms with E-state index < -0.39 is 0 Å². The van der Waals surface area contributed by atoms with Gasteiger partial charge in [0.15, 0.2) is 0 Å². The number of nitrogens with zero attached hydrogens (tertiary/aromatic N) is 1. The Bertz CT molecular complexity index is 226. The SMILES string of the molecule is CCCCCCCC/C=C\CCCCCCCCN(N)CC. The van der Waals surface area contributed by atoms with Crippen molar-refractivity contribution in [1.29, 1.82) is 0 Å². The van der Waals surface area contributed by atoms with Crippen molar-refractivity contribution in [2.45, 2.75) is 104 Å². The zero-order chi connectivity index (χ0) is 16.3. The quantitative estimate of drug-likeness (QED) is 0.149. The van der Waals surface area contributed by atoms with Gasteiger partial charge in [-0.15, -0.1) is 0 Å². The molecule has 2 N–H and O–H groups in total. The highest BCUT2D eigenvalue weighted by Crippen LogP contribution is 2.09. The first-order valence-electron chi connectivity index (χ1n) is 9.95. The van der Waals surface area contributed by atoms with Crippen LogP contribution in [-0.4, -0.2) is 18.1 Å². The summed E-state index contributed by atoms with van der Waals surface area (Å²) in [5, 5.41) is 1.91. The average Bonchev–Trinajstić information content (AvgIpc) is 2.54. The van der Waals surface area contributed by atoms with Gasteiger partial charge in [-0.25, -0.2) is 5.01 Å². The molecule has 0 heterocycles. The second kappa shape index (κ2) is 18.7. The van der Waals surface area contributed by atoms with Crippen molar-refractivity contribution in [3.63, 3.8) is 0 Å². The van der Waals surface area contributed by atoms with Gasteiger partial charge in [-0.05, 0) is 32.1 Å². The fourth-order valence-corrected chi connectivity index (χ4v) is 2.72. The van der Waals surface area contributed by atoms with E-state index in [1.165, 1.54) is 89.9 Å². The summed E-state index contributed by atoms with van der Waals surface area (Å²) < 4.78 is 0. The molecule has 0 aromatic rings. The van der Waals surface area contributed by atoms with E-state index in [0.717, 1.165) is 13.1 Å². The Morgan fingerprint density at radius 3 is 1.59 bits per heavy atom. The third kappa shape index (κ3) is 17.7. The topological polar surface area (TPSA) is 29.3 Å². The van der Waals surface area contributed by atoms with Crippen molar-refractivity contribution >= 4 is 0 Å². The summed E-state index contributed by atoms with van der Waals surface area (Å²) in [5.74, 6) is 5.76. The fourth-order valence-electron chi connectivity index (χ4n) is 2.72. The summed E-state index contributed by atoms with van der Waals surface area (Å²) in [5.41, 5.74) is 0. The van der Waals surface area contributed by atoms with Crippen molar-refractivity contribution < 1.29 is 0 Å². The molecule has 0 aliphatic carbocycles. The third-order valence-corrected chi connectivity index (χ3v) is 4.36. The van der Waals surface area contributed by atoms with E-state index in [-0.39, 0.29) is 0 Å². The molecular weight excluding hydrogens is 268 g/mol. The lowest BCUT2D eigenvalue weighted by Gasteiger charge is -2.12. The highest BCUT2D eigenvalue weighted by Gasteiger charge is 1.95. The maximum absolute atomic E-state index is 5.76. The third-order valence-electron chi connectivity index (χ3n) is 4.36. The van der Waals surface area contributed by atoms with E-state index in [1.54, 1.807) is 0 Å². The van der Waals surface area contributed by atoms with Crippen molar-refractivity contribution in [2.75, 3.05) is 13.1 Å². The van der Waals surface area contributed by atoms with Crippen molar-refractivity contribution in [2.24, 2.45) is 5.84 Å². The van der Waals surface area contributed by atoms with Gasteiger partial charge in [-0.2, -0.15) is 0 Å². The lowest BCUT2D eigenvalue weighted by Crippen LogP contribution is -2.31. The Labute approximate surface area is 140 Å². The zero-order valence-corrected chi connectivity index (χ0v) is 15.5. The predicted octanol–water partition coefficient (Wildman–Crippen LogP) is 6.22. The van der Waals surface area contributed by atoms with Gasteiger partial charge in [0.2, 0.25) is 0 Å². The maximum atomic E-state index is 5.76. The summed E-state index contributed by atoms with van der Waals surface area (Å²) in [6.07, 6.45) is 23.9. The molecule has 22 heavy (non-hydrogen) atoms. The fraction of sp³-hybridized carbons (Fsp3) is 0.900. The Hall–Kier alpha value is -0.340. The van der Waals surface area contributed by atoms with Crippen LogP contribution < -0.4 is 5.84 Å². The van der Waals surface area contributed by atoms with Gasteiger partial charge in [-0.3, -0.25) is 5.84 Å². The molecule has 0 rings (SSSR count). The summed E-state index contributed by atoms with van der Waals surface area (Å²) in [4.78, 5) is 0. The molecule has 132 valence electrons. The van der Waals surface area contributed by atoms with Gasteiger partial charge >= 0.3 is 0 Å². The molecule has 0 amide bonds. The van der Waals surface area contributed by atoms with Gasteiger partial charge in [0.05, 0.1) is 0 Å². The number of unbranched alkanes of at least 4 members (excludes halogenated alkanes) is 12. The normalized spacial score (nSPS) is 11.8. The molecule has 0 radical (unpaired) electrons. The van der Waals surface area contributed by atoms with Crippen LogP contribution in [0, 0.1) is 0 Å². The number of rotatable bonds is 17. The second-order valence-corrected chi connectivity index (χ2v) is 6.57. The highest BCUT2D eigenvalue weighted by atomic mass is 15.4. The van der Waals surface area contributed by atoms with Crippen LogP contribution in [0.5, 0.6) is 0 Å². The molecule has 0 bridgehead atoms. The van der Waals surface area contributed by atoms with Crippen LogP contribution in [-0.2, 0) is 0 Å². The minimum Gasteiger partial charge on any atom is -0.269 e. The molecule has 0 saturated carbocycles. The summed E-state index contributed by atoms with van der Waals surface area (Å²) >= 11 is 0. The minimum absolute atomic E-state index is 0.963. The number of allylic oxidation sites excluding steroid dienone is 2. The van der Waals surface area contributed by atoms with Crippen LogP contribution in [0.25, 0.3) is 0 Å². The van der Waals surface area contributed by atoms with E-state index in [4.69, 9.17) is 5.84 Å². The number of hydrogen-bond acceptors (Lipinski definition) is 2. The van der Waals surface area contributed by atoms with Crippen molar-refractivity contribution in [1.82, 2.24) is 5.01 Å². The Balaban J connectivity index is 3.08. The first-order chi connectivity index (χ1) is 10.8. The van der Waals surface area contributed by atoms with Crippen LogP contribution in [0.4, 0.5) is 0 Å².